The Bertz CT molecular complexity index is 713. The third kappa shape index (κ3) is 4.83. The van der Waals surface area contributed by atoms with Gasteiger partial charge in [0.2, 0.25) is 0 Å². The molecule has 1 atom stereocenters. The van der Waals surface area contributed by atoms with Crippen molar-refractivity contribution in [1.29, 1.82) is 0 Å². The van der Waals surface area contributed by atoms with Crippen molar-refractivity contribution < 1.29 is 9.53 Å². The largest absolute Gasteiger partial charge is 0.484 e. The van der Waals surface area contributed by atoms with Gasteiger partial charge < -0.3 is 10.1 Å². The van der Waals surface area contributed by atoms with E-state index in [9.17, 15) is 4.79 Å². The summed E-state index contributed by atoms with van der Waals surface area (Å²) in [5.41, 5.74) is 4.61. The highest BCUT2D eigenvalue weighted by atomic mass is 79.9. The topological polar surface area (TPSA) is 38.3 Å². The summed E-state index contributed by atoms with van der Waals surface area (Å²) in [6.07, 6.45) is 0. The second-order valence-corrected chi connectivity index (χ2v) is 6.70. The average molecular weight is 376 g/mol. The second kappa shape index (κ2) is 7.64. The van der Waals surface area contributed by atoms with E-state index in [4.69, 9.17) is 4.74 Å². The molecule has 0 heterocycles. The first-order valence-corrected chi connectivity index (χ1v) is 8.41. The molecule has 0 radical (unpaired) electrons. The van der Waals surface area contributed by atoms with E-state index in [1.807, 2.05) is 32.0 Å². The monoisotopic (exact) mass is 375 g/mol. The van der Waals surface area contributed by atoms with Gasteiger partial charge in [0.1, 0.15) is 5.75 Å². The lowest BCUT2D eigenvalue weighted by Crippen LogP contribution is -2.31. The van der Waals surface area contributed by atoms with Gasteiger partial charge in [0.05, 0.1) is 6.04 Å². The molecule has 4 heteroatoms. The van der Waals surface area contributed by atoms with Gasteiger partial charge in [-0.3, -0.25) is 4.79 Å². The summed E-state index contributed by atoms with van der Waals surface area (Å²) in [4.78, 5) is 12.1. The third-order valence-electron chi connectivity index (χ3n) is 3.77. The predicted molar refractivity (Wildman–Crippen MR) is 96.8 cm³/mol. The minimum absolute atomic E-state index is 0.0102. The lowest BCUT2D eigenvalue weighted by Gasteiger charge is -2.17. The SMILES string of the molecule is Cc1ccc(C(C)NC(=O)COc2ccc(Br)c(C)c2)c(C)c1. The van der Waals surface area contributed by atoms with Gasteiger partial charge in [-0.05, 0) is 62.6 Å². The summed E-state index contributed by atoms with van der Waals surface area (Å²) in [5, 5.41) is 2.98. The maximum absolute atomic E-state index is 12.1. The van der Waals surface area contributed by atoms with E-state index in [0.29, 0.717) is 5.75 Å². The zero-order valence-corrected chi connectivity index (χ0v) is 15.5. The van der Waals surface area contributed by atoms with E-state index in [2.05, 4.69) is 53.3 Å². The molecule has 0 fully saturated rings. The average Bonchev–Trinajstić information content (AvgIpc) is 2.48. The van der Waals surface area contributed by atoms with Crippen LogP contribution in [-0.2, 0) is 4.79 Å². The molecule has 0 spiro atoms. The molecule has 3 nitrogen and oxygen atoms in total. The Kier molecular flexibility index (Phi) is 5.83. The van der Waals surface area contributed by atoms with Gasteiger partial charge in [-0.1, -0.05) is 39.7 Å². The van der Waals surface area contributed by atoms with Crippen molar-refractivity contribution in [3.8, 4) is 5.75 Å². The Hall–Kier alpha value is -1.81. The van der Waals surface area contributed by atoms with Crippen molar-refractivity contribution in [2.45, 2.75) is 33.7 Å². The Morgan fingerprint density at radius 2 is 1.87 bits per heavy atom. The number of ether oxygens (including phenoxy) is 1. The maximum atomic E-state index is 12.1. The lowest BCUT2D eigenvalue weighted by atomic mass is 10.0. The standard InChI is InChI=1S/C19H22BrNO2/c1-12-5-7-17(13(2)9-12)15(4)21-19(22)11-23-16-6-8-18(20)14(3)10-16/h5-10,15H,11H2,1-4H3,(H,21,22). The number of halogens is 1. The van der Waals surface area contributed by atoms with Crippen LogP contribution in [0.25, 0.3) is 0 Å². The summed E-state index contributed by atoms with van der Waals surface area (Å²) in [6, 6.07) is 11.9. The first-order valence-electron chi connectivity index (χ1n) is 7.62. The van der Waals surface area contributed by atoms with Crippen LogP contribution in [0.3, 0.4) is 0 Å². The molecule has 122 valence electrons. The fraction of sp³-hybridized carbons (Fsp3) is 0.316. The summed E-state index contributed by atoms with van der Waals surface area (Å²) >= 11 is 3.44. The number of carbonyl (C=O) groups excluding carboxylic acids is 1. The van der Waals surface area contributed by atoms with Gasteiger partial charge in [-0.15, -0.1) is 0 Å². The van der Waals surface area contributed by atoms with E-state index in [1.54, 1.807) is 0 Å². The van der Waals surface area contributed by atoms with E-state index >= 15 is 0 Å². The summed E-state index contributed by atoms with van der Waals surface area (Å²) in [6.45, 7) is 8.11. The lowest BCUT2D eigenvalue weighted by molar-refractivity contribution is -0.123. The van der Waals surface area contributed by atoms with Crippen LogP contribution in [0.5, 0.6) is 5.75 Å². The fourth-order valence-electron chi connectivity index (χ4n) is 2.53. The quantitative estimate of drug-likeness (QED) is 0.826. The highest BCUT2D eigenvalue weighted by Gasteiger charge is 2.12. The number of rotatable bonds is 5. The predicted octanol–water partition coefficient (Wildman–Crippen LogP) is 4.63. The van der Waals surface area contributed by atoms with Crippen LogP contribution in [0.1, 0.15) is 35.2 Å². The van der Waals surface area contributed by atoms with Crippen LogP contribution in [-0.4, -0.2) is 12.5 Å². The smallest absolute Gasteiger partial charge is 0.258 e. The van der Waals surface area contributed by atoms with Crippen LogP contribution in [0.15, 0.2) is 40.9 Å². The molecule has 2 aromatic rings. The molecule has 0 aliphatic rings. The minimum Gasteiger partial charge on any atom is -0.484 e. The Balaban J connectivity index is 1.92. The Morgan fingerprint density at radius 1 is 1.13 bits per heavy atom. The summed E-state index contributed by atoms with van der Waals surface area (Å²) < 4.78 is 6.58. The van der Waals surface area contributed by atoms with Crippen molar-refractivity contribution in [3.63, 3.8) is 0 Å². The Labute approximate surface area is 146 Å². The second-order valence-electron chi connectivity index (χ2n) is 5.85. The van der Waals surface area contributed by atoms with Crippen molar-refractivity contribution in [2.75, 3.05) is 6.61 Å². The van der Waals surface area contributed by atoms with Gasteiger partial charge in [0.25, 0.3) is 5.91 Å². The molecule has 0 saturated heterocycles. The number of hydrogen-bond donors (Lipinski definition) is 1. The van der Waals surface area contributed by atoms with Crippen LogP contribution in [0, 0.1) is 20.8 Å². The third-order valence-corrected chi connectivity index (χ3v) is 4.66. The van der Waals surface area contributed by atoms with Gasteiger partial charge >= 0.3 is 0 Å². The minimum atomic E-state index is -0.127. The zero-order valence-electron chi connectivity index (χ0n) is 13.9. The molecular weight excluding hydrogens is 354 g/mol. The van der Waals surface area contributed by atoms with Crippen LogP contribution >= 0.6 is 15.9 Å². The van der Waals surface area contributed by atoms with Crippen molar-refractivity contribution in [2.24, 2.45) is 0 Å². The van der Waals surface area contributed by atoms with Crippen molar-refractivity contribution in [1.82, 2.24) is 5.32 Å². The van der Waals surface area contributed by atoms with Gasteiger partial charge in [0, 0.05) is 4.47 Å². The maximum Gasteiger partial charge on any atom is 0.258 e. The van der Waals surface area contributed by atoms with E-state index in [1.165, 1.54) is 11.1 Å². The summed E-state index contributed by atoms with van der Waals surface area (Å²) in [5.74, 6) is 0.568. The first-order chi connectivity index (χ1) is 10.9. The zero-order chi connectivity index (χ0) is 17.0. The van der Waals surface area contributed by atoms with E-state index in [0.717, 1.165) is 15.6 Å². The normalized spacial score (nSPS) is 11.9. The molecule has 2 aromatic carbocycles. The van der Waals surface area contributed by atoms with E-state index in [-0.39, 0.29) is 18.6 Å². The molecule has 23 heavy (non-hydrogen) atoms. The fourth-order valence-corrected chi connectivity index (χ4v) is 2.77. The van der Waals surface area contributed by atoms with E-state index < -0.39 is 0 Å². The van der Waals surface area contributed by atoms with Gasteiger partial charge in [-0.2, -0.15) is 0 Å². The van der Waals surface area contributed by atoms with Crippen LogP contribution in [0.2, 0.25) is 0 Å². The number of amides is 1. The number of benzene rings is 2. The number of carbonyl (C=O) groups is 1. The molecule has 0 saturated carbocycles. The highest BCUT2D eigenvalue weighted by molar-refractivity contribution is 9.10. The highest BCUT2D eigenvalue weighted by Crippen LogP contribution is 2.22. The molecule has 0 aromatic heterocycles. The van der Waals surface area contributed by atoms with Gasteiger partial charge in [0.15, 0.2) is 6.61 Å². The first kappa shape index (κ1) is 17.5. The number of nitrogens with one attached hydrogen (secondary N) is 1. The molecule has 1 unspecified atom stereocenters. The Morgan fingerprint density at radius 3 is 2.52 bits per heavy atom. The molecule has 0 aliphatic heterocycles. The molecule has 1 N–H and O–H groups in total. The molecule has 1 amide bonds. The van der Waals surface area contributed by atoms with Crippen molar-refractivity contribution in [3.05, 3.63) is 63.1 Å². The van der Waals surface area contributed by atoms with Crippen molar-refractivity contribution >= 4 is 21.8 Å². The summed E-state index contributed by atoms with van der Waals surface area (Å²) in [7, 11) is 0. The molecular formula is C19H22BrNO2. The molecule has 0 aliphatic carbocycles. The molecule has 0 bridgehead atoms. The van der Waals surface area contributed by atoms with Gasteiger partial charge in [-0.25, -0.2) is 0 Å². The number of aryl methyl sites for hydroxylation is 3. The number of hydrogen-bond acceptors (Lipinski definition) is 2. The molecule has 2 rings (SSSR count). The van der Waals surface area contributed by atoms with Crippen LogP contribution in [0.4, 0.5) is 0 Å². The van der Waals surface area contributed by atoms with Crippen LogP contribution < -0.4 is 10.1 Å².